The molecule has 1 fully saturated rings. The van der Waals surface area contributed by atoms with E-state index in [-0.39, 0.29) is 11.0 Å². The zero-order valence-electron chi connectivity index (χ0n) is 19.9. The molecule has 1 amide bonds. The molecule has 0 unspecified atom stereocenters. The smallest absolute Gasteiger partial charge is 0.324 e. The summed E-state index contributed by atoms with van der Waals surface area (Å²) in [6, 6.07) is 12.9. The Labute approximate surface area is 219 Å². The lowest BCUT2D eigenvalue weighted by Gasteiger charge is -2.34. The van der Waals surface area contributed by atoms with Gasteiger partial charge in [0.15, 0.2) is 17.3 Å². The molecule has 0 atom stereocenters. The van der Waals surface area contributed by atoms with Crippen LogP contribution in [0.4, 0.5) is 22.9 Å². The average molecular weight is 529 g/mol. The van der Waals surface area contributed by atoms with Crippen LogP contribution in [0.3, 0.4) is 0 Å². The lowest BCUT2D eigenvalue weighted by molar-refractivity contribution is -0.112. The van der Waals surface area contributed by atoms with E-state index in [0.717, 1.165) is 31.9 Å². The van der Waals surface area contributed by atoms with E-state index in [4.69, 9.17) is 32.7 Å². The van der Waals surface area contributed by atoms with Gasteiger partial charge in [0.25, 0.3) is 5.91 Å². The molecule has 2 heterocycles. The molecule has 3 aromatic rings. The molecule has 4 rings (SSSR count). The quantitative estimate of drug-likeness (QED) is 0.389. The lowest BCUT2D eigenvalue weighted by atomic mass is 10.2. The summed E-state index contributed by atoms with van der Waals surface area (Å²) in [6.45, 7) is 7.32. The third-order valence-corrected chi connectivity index (χ3v) is 6.02. The highest BCUT2D eigenvalue weighted by molar-refractivity contribution is 6.43. The van der Waals surface area contributed by atoms with Gasteiger partial charge in [0.05, 0.1) is 18.3 Å². The number of hydrogen-bond acceptors (Lipinski definition) is 8. The zero-order valence-corrected chi connectivity index (χ0v) is 21.4. The molecule has 0 saturated carbocycles. The highest BCUT2D eigenvalue weighted by atomic mass is 35.5. The number of carbonyl (C=O) groups is 1. The Balaban J connectivity index is 1.50. The zero-order chi connectivity index (χ0) is 25.7. The summed E-state index contributed by atoms with van der Waals surface area (Å²) in [5, 5.41) is 5.95. The van der Waals surface area contributed by atoms with Gasteiger partial charge in [0.1, 0.15) is 5.02 Å². The van der Waals surface area contributed by atoms with E-state index < -0.39 is 5.91 Å². The number of hydrogen-bond donors (Lipinski definition) is 2. The van der Waals surface area contributed by atoms with Crippen LogP contribution in [0.25, 0.3) is 0 Å². The Morgan fingerprint density at radius 2 is 1.83 bits per heavy atom. The molecule has 11 heteroatoms. The minimum absolute atomic E-state index is 0.0930. The number of benzene rings is 2. The average Bonchev–Trinajstić information content (AvgIpc) is 2.87. The minimum atomic E-state index is -0.489. The van der Waals surface area contributed by atoms with Gasteiger partial charge in [-0.3, -0.25) is 4.79 Å². The molecule has 0 spiro atoms. The summed E-state index contributed by atoms with van der Waals surface area (Å²) in [4.78, 5) is 25.0. The monoisotopic (exact) mass is 528 g/mol. The van der Waals surface area contributed by atoms with Crippen LogP contribution in [-0.4, -0.2) is 61.1 Å². The standard InChI is InChI=1S/C25H26Cl2N6O3/c1-16(26)24(34)30-18-6-4-5-17(13-18)29-23-20(27)15-28-25(31-23)36-21-8-7-19(14-22(21)35-3)33-11-9-32(2)10-12-33/h4-8,13-15H,1,9-12H2,2-3H3,(H,30,34)(H,28,29,31). The largest absolute Gasteiger partial charge is 0.493 e. The molecule has 0 aliphatic carbocycles. The summed E-state index contributed by atoms with van der Waals surface area (Å²) in [5.41, 5.74) is 2.23. The van der Waals surface area contributed by atoms with Gasteiger partial charge in [-0.1, -0.05) is 35.8 Å². The number of ether oxygens (including phenoxy) is 2. The second kappa shape index (κ2) is 11.5. The second-order valence-electron chi connectivity index (χ2n) is 8.14. The minimum Gasteiger partial charge on any atom is -0.493 e. The molecule has 0 radical (unpaired) electrons. The maximum absolute atomic E-state index is 11.8. The first-order chi connectivity index (χ1) is 17.3. The van der Waals surface area contributed by atoms with E-state index in [0.29, 0.717) is 33.7 Å². The molecule has 0 bridgehead atoms. The molecule has 188 valence electrons. The number of rotatable bonds is 8. The molecule has 1 aliphatic rings. The topological polar surface area (TPSA) is 91.8 Å². The van der Waals surface area contributed by atoms with Crippen molar-refractivity contribution in [2.24, 2.45) is 0 Å². The normalized spacial score (nSPS) is 13.7. The number of methoxy groups -OCH3 is 1. The van der Waals surface area contributed by atoms with E-state index >= 15 is 0 Å². The summed E-state index contributed by atoms with van der Waals surface area (Å²) in [7, 11) is 3.72. The fraction of sp³-hybridized carbons (Fsp3) is 0.240. The molecule has 36 heavy (non-hydrogen) atoms. The lowest BCUT2D eigenvalue weighted by Crippen LogP contribution is -2.44. The SMILES string of the molecule is C=C(Cl)C(=O)Nc1cccc(Nc2nc(Oc3ccc(N4CCN(C)CC4)cc3OC)ncc2Cl)c1. The molecule has 1 aromatic heterocycles. The van der Waals surface area contributed by atoms with Crippen molar-refractivity contribution in [2.45, 2.75) is 0 Å². The van der Waals surface area contributed by atoms with Gasteiger partial charge in [-0.15, -0.1) is 0 Å². The number of nitrogens with zero attached hydrogens (tertiary/aromatic N) is 4. The van der Waals surface area contributed by atoms with Crippen molar-refractivity contribution in [1.29, 1.82) is 0 Å². The number of likely N-dealkylation sites (N-methyl/N-ethyl adjacent to an activating group) is 1. The van der Waals surface area contributed by atoms with Crippen molar-refractivity contribution >= 4 is 52.0 Å². The molecular formula is C25H26Cl2N6O3. The second-order valence-corrected chi connectivity index (χ2v) is 9.00. The Kier molecular flexibility index (Phi) is 8.14. The van der Waals surface area contributed by atoms with Gasteiger partial charge in [-0.2, -0.15) is 4.98 Å². The van der Waals surface area contributed by atoms with Crippen LogP contribution in [-0.2, 0) is 4.79 Å². The van der Waals surface area contributed by atoms with Gasteiger partial charge < -0.3 is 29.9 Å². The van der Waals surface area contributed by atoms with E-state index in [1.165, 1.54) is 6.20 Å². The highest BCUT2D eigenvalue weighted by Crippen LogP contribution is 2.35. The van der Waals surface area contributed by atoms with Gasteiger partial charge in [-0.25, -0.2) is 4.98 Å². The van der Waals surface area contributed by atoms with Crippen LogP contribution in [0.2, 0.25) is 5.02 Å². The van der Waals surface area contributed by atoms with Gasteiger partial charge >= 0.3 is 6.01 Å². The number of anilines is 4. The van der Waals surface area contributed by atoms with Crippen LogP contribution >= 0.6 is 23.2 Å². The number of nitrogens with one attached hydrogen (secondary N) is 2. The van der Waals surface area contributed by atoms with Crippen LogP contribution < -0.4 is 25.0 Å². The first kappa shape index (κ1) is 25.6. The summed E-state index contributed by atoms with van der Waals surface area (Å²) < 4.78 is 11.5. The maximum atomic E-state index is 11.8. The van der Waals surface area contributed by atoms with Crippen LogP contribution in [0.5, 0.6) is 17.5 Å². The fourth-order valence-corrected chi connectivity index (χ4v) is 3.78. The Morgan fingerprint density at radius 1 is 1.08 bits per heavy atom. The first-order valence-electron chi connectivity index (χ1n) is 11.2. The Bertz CT molecular complexity index is 1260. The van der Waals surface area contributed by atoms with Crippen LogP contribution in [0, 0.1) is 0 Å². The summed E-state index contributed by atoms with van der Waals surface area (Å²) >= 11 is 12.0. The van der Waals surface area contributed by atoms with Crippen molar-refractivity contribution in [3.8, 4) is 17.5 Å². The number of carbonyl (C=O) groups excluding carboxylic acids is 1. The van der Waals surface area contributed by atoms with Crippen molar-refractivity contribution in [3.63, 3.8) is 0 Å². The van der Waals surface area contributed by atoms with E-state index in [9.17, 15) is 4.79 Å². The Hall–Kier alpha value is -3.53. The Morgan fingerprint density at radius 3 is 2.56 bits per heavy atom. The summed E-state index contributed by atoms with van der Waals surface area (Å²) in [6.07, 6.45) is 1.44. The number of halogens is 2. The van der Waals surface area contributed by atoms with Gasteiger partial charge in [-0.05, 0) is 37.4 Å². The predicted octanol–water partition coefficient (Wildman–Crippen LogP) is 5.12. The maximum Gasteiger partial charge on any atom is 0.324 e. The summed E-state index contributed by atoms with van der Waals surface area (Å²) in [5.74, 6) is 0.899. The molecule has 9 nitrogen and oxygen atoms in total. The van der Waals surface area contributed by atoms with Gasteiger partial charge in [0.2, 0.25) is 0 Å². The first-order valence-corrected chi connectivity index (χ1v) is 11.9. The molecule has 1 aliphatic heterocycles. The van der Waals surface area contributed by atoms with E-state index in [2.05, 4.69) is 44.0 Å². The molecule has 1 saturated heterocycles. The predicted molar refractivity (Wildman–Crippen MR) is 143 cm³/mol. The van der Waals surface area contributed by atoms with Crippen molar-refractivity contribution in [1.82, 2.24) is 14.9 Å². The van der Waals surface area contributed by atoms with Crippen LogP contribution in [0.15, 0.2) is 60.3 Å². The molecule has 2 N–H and O–H groups in total. The van der Waals surface area contributed by atoms with Crippen molar-refractivity contribution < 1.29 is 14.3 Å². The fourth-order valence-electron chi connectivity index (χ4n) is 3.60. The number of piperazine rings is 1. The highest BCUT2D eigenvalue weighted by Gasteiger charge is 2.17. The van der Waals surface area contributed by atoms with Crippen LogP contribution in [0.1, 0.15) is 0 Å². The molecular weight excluding hydrogens is 503 g/mol. The van der Waals surface area contributed by atoms with Gasteiger partial charge in [0, 0.05) is 49.3 Å². The third kappa shape index (κ3) is 6.37. The van der Waals surface area contributed by atoms with E-state index in [1.807, 2.05) is 18.2 Å². The third-order valence-electron chi connectivity index (χ3n) is 5.57. The van der Waals surface area contributed by atoms with Crippen molar-refractivity contribution in [3.05, 3.63) is 65.3 Å². The number of amides is 1. The molecule has 2 aromatic carbocycles. The van der Waals surface area contributed by atoms with E-state index in [1.54, 1.807) is 31.4 Å². The van der Waals surface area contributed by atoms with Crippen molar-refractivity contribution in [2.75, 3.05) is 55.9 Å². The number of aromatic nitrogens is 2.